The fourth-order valence-electron chi connectivity index (χ4n) is 3.42. The Morgan fingerprint density at radius 1 is 1.21 bits per heavy atom. The molecule has 2 N–H and O–H groups in total. The summed E-state index contributed by atoms with van der Waals surface area (Å²) in [4.78, 5) is 38.7. The molecule has 0 aromatic heterocycles. The molecule has 0 spiro atoms. The van der Waals surface area contributed by atoms with Gasteiger partial charge in [0.15, 0.2) is 11.5 Å². The first-order chi connectivity index (χ1) is 13.4. The summed E-state index contributed by atoms with van der Waals surface area (Å²) in [6, 6.07) is 4.63. The summed E-state index contributed by atoms with van der Waals surface area (Å²) in [6.07, 6.45) is 2.35. The van der Waals surface area contributed by atoms with Gasteiger partial charge in [-0.1, -0.05) is 19.9 Å². The van der Waals surface area contributed by atoms with Crippen molar-refractivity contribution >= 4 is 17.8 Å². The monoisotopic (exact) mass is 389 g/mol. The van der Waals surface area contributed by atoms with Gasteiger partial charge in [0, 0.05) is 12.5 Å². The molecule has 0 saturated carbocycles. The van der Waals surface area contributed by atoms with Crippen molar-refractivity contribution < 1.29 is 23.9 Å². The molecule has 0 radical (unpaired) electrons. The molecule has 0 aliphatic carbocycles. The average molecular weight is 389 g/mol. The van der Waals surface area contributed by atoms with Crippen molar-refractivity contribution in [3.63, 3.8) is 0 Å². The number of rotatable bonds is 6. The number of amides is 4. The summed E-state index contributed by atoms with van der Waals surface area (Å²) >= 11 is 0. The summed E-state index contributed by atoms with van der Waals surface area (Å²) in [5, 5.41) is 5.57. The van der Waals surface area contributed by atoms with Crippen LogP contribution in [-0.4, -0.2) is 48.5 Å². The lowest BCUT2D eigenvalue weighted by Gasteiger charge is -2.23. The Balaban J connectivity index is 1.78. The van der Waals surface area contributed by atoms with Crippen LogP contribution in [0.5, 0.6) is 11.5 Å². The molecule has 1 aromatic rings. The summed E-state index contributed by atoms with van der Waals surface area (Å²) in [7, 11) is 0. The highest BCUT2D eigenvalue weighted by atomic mass is 16.5. The molecule has 0 unspecified atom stereocenters. The van der Waals surface area contributed by atoms with Crippen molar-refractivity contribution in [3.05, 3.63) is 23.8 Å². The van der Waals surface area contributed by atoms with E-state index in [1.54, 1.807) is 25.1 Å². The highest BCUT2D eigenvalue weighted by Gasteiger charge is 2.49. The molecule has 4 amide bonds. The molecule has 8 heteroatoms. The molecule has 1 saturated heterocycles. The predicted octanol–water partition coefficient (Wildman–Crippen LogP) is 1.92. The van der Waals surface area contributed by atoms with E-state index in [0.29, 0.717) is 30.3 Å². The number of nitrogens with one attached hydrogen (secondary N) is 2. The zero-order valence-electron chi connectivity index (χ0n) is 16.5. The van der Waals surface area contributed by atoms with Gasteiger partial charge in [-0.2, -0.15) is 0 Å². The lowest BCUT2D eigenvalue weighted by molar-refractivity contribution is -0.135. The molecule has 1 aromatic carbocycles. The Hall–Kier alpha value is -2.77. The third-order valence-corrected chi connectivity index (χ3v) is 5.25. The number of hydrogen-bond donors (Lipinski definition) is 2. The van der Waals surface area contributed by atoms with Gasteiger partial charge < -0.3 is 20.1 Å². The van der Waals surface area contributed by atoms with E-state index in [0.717, 1.165) is 24.2 Å². The Morgan fingerprint density at radius 3 is 2.57 bits per heavy atom. The number of hydrogen-bond acceptors (Lipinski definition) is 5. The molecule has 2 aliphatic heterocycles. The van der Waals surface area contributed by atoms with E-state index < -0.39 is 17.5 Å². The zero-order chi connectivity index (χ0) is 20.3. The van der Waals surface area contributed by atoms with Crippen LogP contribution >= 0.6 is 0 Å². The average Bonchev–Trinajstić information content (AvgIpc) is 2.86. The van der Waals surface area contributed by atoms with Crippen LogP contribution in [0, 0.1) is 0 Å². The number of fused-ring (bicyclic) bond motifs is 1. The highest BCUT2D eigenvalue weighted by molar-refractivity contribution is 6.09. The lowest BCUT2D eigenvalue weighted by atomic mass is 9.91. The van der Waals surface area contributed by atoms with Crippen LogP contribution in [0.2, 0.25) is 0 Å². The first-order valence-electron chi connectivity index (χ1n) is 9.72. The predicted molar refractivity (Wildman–Crippen MR) is 102 cm³/mol. The van der Waals surface area contributed by atoms with Crippen LogP contribution in [0.25, 0.3) is 0 Å². The highest BCUT2D eigenvalue weighted by Crippen LogP contribution is 2.36. The van der Waals surface area contributed by atoms with Crippen molar-refractivity contribution in [2.45, 2.75) is 51.6 Å². The molecule has 28 heavy (non-hydrogen) atoms. The van der Waals surface area contributed by atoms with Crippen molar-refractivity contribution in [3.8, 4) is 11.5 Å². The van der Waals surface area contributed by atoms with Gasteiger partial charge in [0.05, 0.1) is 13.2 Å². The van der Waals surface area contributed by atoms with E-state index in [1.165, 1.54) is 0 Å². The number of carbonyl (C=O) groups excluding carboxylic acids is 3. The van der Waals surface area contributed by atoms with E-state index in [2.05, 4.69) is 10.6 Å². The number of urea groups is 1. The topological polar surface area (TPSA) is 97.0 Å². The van der Waals surface area contributed by atoms with Crippen LogP contribution in [0.1, 0.15) is 45.6 Å². The second-order valence-electron chi connectivity index (χ2n) is 7.24. The maximum Gasteiger partial charge on any atom is 0.325 e. The summed E-state index contributed by atoms with van der Waals surface area (Å²) in [5.74, 6) is 0.345. The lowest BCUT2D eigenvalue weighted by Crippen LogP contribution is -2.45. The van der Waals surface area contributed by atoms with Crippen LogP contribution in [0.15, 0.2) is 18.2 Å². The SMILES string of the molecule is CCC(CC)NC(=O)CN1C(=O)N[C@](C)(c2ccc3c(c2)OCCCO3)C1=O. The first-order valence-corrected chi connectivity index (χ1v) is 9.72. The third-order valence-electron chi connectivity index (χ3n) is 5.25. The van der Waals surface area contributed by atoms with Gasteiger partial charge in [0.25, 0.3) is 5.91 Å². The summed E-state index contributed by atoms with van der Waals surface area (Å²) < 4.78 is 11.3. The minimum absolute atomic E-state index is 0.0291. The molecule has 0 bridgehead atoms. The Kier molecular flexibility index (Phi) is 5.76. The molecule has 2 heterocycles. The van der Waals surface area contributed by atoms with Gasteiger partial charge in [-0.15, -0.1) is 0 Å². The van der Waals surface area contributed by atoms with Gasteiger partial charge >= 0.3 is 6.03 Å². The summed E-state index contributed by atoms with van der Waals surface area (Å²) in [5.41, 5.74) is -0.685. The number of ether oxygens (including phenoxy) is 2. The molecular weight excluding hydrogens is 362 g/mol. The molecule has 152 valence electrons. The molecule has 1 atom stereocenters. The zero-order valence-corrected chi connectivity index (χ0v) is 16.5. The largest absolute Gasteiger partial charge is 0.490 e. The second-order valence-corrected chi connectivity index (χ2v) is 7.24. The van der Waals surface area contributed by atoms with E-state index in [4.69, 9.17) is 9.47 Å². The minimum atomic E-state index is -1.27. The van der Waals surface area contributed by atoms with E-state index in [-0.39, 0.29) is 18.5 Å². The normalized spacial score (nSPS) is 21.5. The Labute approximate surface area is 164 Å². The molecular formula is C20H27N3O5. The standard InChI is InChI=1S/C20H27N3O5/c1-4-14(5-2)21-17(24)12-23-18(25)20(3,22-19(23)26)13-7-8-15-16(11-13)28-10-6-9-27-15/h7-8,11,14H,4-6,9-10,12H2,1-3H3,(H,21,24)(H,22,26)/t20-/m1/s1. The van der Waals surface area contributed by atoms with Crippen LogP contribution in [0.3, 0.4) is 0 Å². The smallest absolute Gasteiger partial charge is 0.325 e. The molecule has 8 nitrogen and oxygen atoms in total. The van der Waals surface area contributed by atoms with Crippen LogP contribution in [0.4, 0.5) is 4.79 Å². The van der Waals surface area contributed by atoms with Gasteiger partial charge in [0.1, 0.15) is 12.1 Å². The number of nitrogens with zero attached hydrogens (tertiary/aromatic N) is 1. The van der Waals surface area contributed by atoms with Gasteiger partial charge in [-0.25, -0.2) is 4.79 Å². The molecule has 2 aliphatic rings. The van der Waals surface area contributed by atoms with E-state index in [1.807, 2.05) is 13.8 Å². The van der Waals surface area contributed by atoms with Crippen molar-refractivity contribution in [2.75, 3.05) is 19.8 Å². The third kappa shape index (κ3) is 3.76. The van der Waals surface area contributed by atoms with Gasteiger partial charge in [-0.3, -0.25) is 14.5 Å². The second kappa shape index (κ2) is 8.08. The maximum atomic E-state index is 13.0. The number of carbonyl (C=O) groups is 3. The quantitative estimate of drug-likeness (QED) is 0.725. The van der Waals surface area contributed by atoms with E-state index >= 15 is 0 Å². The van der Waals surface area contributed by atoms with Gasteiger partial charge in [0.2, 0.25) is 5.91 Å². The maximum absolute atomic E-state index is 13.0. The van der Waals surface area contributed by atoms with Crippen LogP contribution in [-0.2, 0) is 15.1 Å². The Bertz CT molecular complexity index is 777. The fourth-order valence-corrected chi connectivity index (χ4v) is 3.42. The minimum Gasteiger partial charge on any atom is -0.490 e. The fraction of sp³-hybridized carbons (Fsp3) is 0.550. The van der Waals surface area contributed by atoms with Crippen molar-refractivity contribution in [1.29, 1.82) is 0 Å². The number of imide groups is 1. The molecule has 3 rings (SSSR count). The van der Waals surface area contributed by atoms with Crippen LogP contribution < -0.4 is 20.1 Å². The number of benzene rings is 1. The van der Waals surface area contributed by atoms with E-state index in [9.17, 15) is 14.4 Å². The summed E-state index contributed by atoms with van der Waals surface area (Å²) in [6.45, 7) is 6.37. The first kappa shape index (κ1) is 20.0. The molecule has 1 fully saturated rings. The van der Waals surface area contributed by atoms with Crippen molar-refractivity contribution in [1.82, 2.24) is 15.5 Å². The van der Waals surface area contributed by atoms with Crippen molar-refractivity contribution in [2.24, 2.45) is 0 Å². The Morgan fingerprint density at radius 2 is 1.89 bits per heavy atom. The van der Waals surface area contributed by atoms with Gasteiger partial charge in [-0.05, 0) is 37.5 Å².